The summed E-state index contributed by atoms with van der Waals surface area (Å²) in [6, 6.07) is 0.127. The van der Waals surface area contributed by atoms with Crippen LogP contribution in [-0.2, 0) is 0 Å². The van der Waals surface area contributed by atoms with Gasteiger partial charge in [0.1, 0.15) is 0 Å². The molecule has 1 aliphatic heterocycles. The third-order valence-corrected chi connectivity index (χ3v) is 2.58. The molecule has 2 atom stereocenters. The van der Waals surface area contributed by atoms with Gasteiger partial charge in [-0.2, -0.15) is 0 Å². The van der Waals surface area contributed by atoms with Gasteiger partial charge >= 0.3 is 0 Å². The summed E-state index contributed by atoms with van der Waals surface area (Å²) in [7, 11) is 0. The molecule has 64 valence electrons. The highest BCUT2D eigenvalue weighted by atomic mass is 16.3. The van der Waals surface area contributed by atoms with Crippen molar-refractivity contribution in [2.45, 2.75) is 32.4 Å². The molecule has 0 spiro atoms. The van der Waals surface area contributed by atoms with Crippen LogP contribution in [0.4, 0.5) is 0 Å². The van der Waals surface area contributed by atoms with Gasteiger partial charge in [-0.25, -0.2) is 0 Å². The van der Waals surface area contributed by atoms with Gasteiger partial charge in [0.25, 0.3) is 0 Å². The van der Waals surface area contributed by atoms with E-state index in [9.17, 15) is 5.11 Å². The molecule has 0 aromatic heterocycles. The highest BCUT2D eigenvalue weighted by Gasteiger charge is 2.34. The molecule has 2 heteroatoms. The van der Waals surface area contributed by atoms with Crippen LogP contribution in [0, 0.1) is 5.92 Å². The van der Waals surface area contributed by atoms with Crippen molar-refractivity contribution in [1.82, 2.24) is 5.32 Å². The lowest BCUT2D eigenvalue weighted by Crippen LogP contribution is -2.49. The van der Waals surface area contributed by atoms with Crippen molar-refractivity contribution in [1.29, 1.82) is 0 Å². The molecule has 0 aromatic carbocycles. The van der Waals surface area contributed by atoms with E-state index in [1.54, 1.807) is 0 Å². The van der Waals surface area contributed by atoms with Crippen molar-refractivity contribution >= 4 is 0 Å². The van der Waals surface area contributed by atoms with E-state index in [2.05, 4.69) is 11.4 Å². The predicted octanol–water partition coefficient (Wildman–Crippen LogP) is 0.921. The normalized spacial score (nSPS) is 29.4. The Hall–Kier alpha value is -0.340. The maximum Gasteiger partial charge on any atom is 0.0830 e. The topological polar surface area (TPSA) is 32.3 Å². The van der Waals surface area contributed by atoms with Crippen LogP contribution < -0.4 is 5.32 Å². The van der Waals surface area contributed by atoms with Crippen molar-refractivity contribution in [3.8, 4) is 0 Å². The first-order chi connectivity index (χ1) is 5.05. The molecule has 0 aliphatic carbocycles. The number of hydrogen-bond donors (Lipinski definition) is 2. The number of hydrogen-bond acceptors (Lipinski definition) is 2. The fourth-order valence-electron chi connectivity index (χ4n) is 1.23. The molecule has 0 aromatic rings. The van der Waals surface area contributed by atoms with Gasteiger partial charge in [-0.1, -0.05) is 26.0 Å². The minimum atomic E-state index is -0.618. The van der Waals surface area contributed by atoms with E-state index >= 15 is 0 Å². The van der Waals surface area contributed by atoms with Crippen LogP contribution in [0.5, 0.6) is 0 Å². The molecule has 11 heavy (non-hydrogen) atoms. The Morgan fingerprint density at radius 3 is 2.64 bits per heavy atom. The quantitative estimate of drug-likeness (QED) is 0.581. The van der Waals surface area contributed by atoms with Gasteiger partial charge in [0.15, 0.2) is 0 Å². The number of rotatable bonds is 2. The summed E-state index contributed by atoms with van der Waals surface area (Å²) in [5.74, 6) is 0.280. The Kier molecular flexibility index (Phi) is 2.35. The second-order valence-electron chi connectivity index (χ2n) is 3.69. The standard InChI is InChI=1S/C9H17NO/c1-7(2)9(3,11)8-5-4-6-10-8/h4-5,7-8,10-11H,6H2,1-3H3. The van der Waals surface area contributed by atoms with Crippen molar-refractivity contribution in [2.24, 2.45) is 5.92 Å². The van der Waals surface area contributed by atoms with Gasteiger partial charge in [-0.15, -0.1) is 0 Å². The Labute approximate surface area is 68.3 Å². The molecule has 1 rings (SSSR count). The van der Waals surface area contributed by atoms with Crippen molar-refractivity contribution < 1.29 is 5.11 Å². The third kappa shape index (κ3) is 1.63. The largest absolute Gasteiger partial charge is 0.388 e. The van der Waals surface area contributed by atoms with Gasteiger partial charge in [-0.3, -0.25) is 0 Å². The average Bonchev–Trinajstić information content (AvgIpc) is 2.37. The number of aliphatic hydroxyl groups is 1. The average molecular weight is 155 g/mol. The first-order valence-corrected chi connectivity index (χ1v) is 4.17. The van der Waals surface area contributed by atoms with Crippen LogP contribution in [0.15, 0.2) is 12.2 Å². The van der Waals surface area contributed by atoms with Crippen molar-refractivity contribution in [3.63, 3.8) is 0 Å². The van der Waals surface area contributed by atoms with Crippen LogP contribution in [0.2, 0.25) is 0 Å². The smallest absolute Gasteiger partial charge is 0.0830 e. The summed E-state index contributed by atoms with van der Waals surface area (Å²) in [6.45, 7) is 6.83. The molecule has 2 unspecified atom stereocenters. The summed E-state index contributed by atoms with van der Waals surface area (Å²) in [5, 5.41) is 13.2. The SMILES string of the molecule is CC(C)C(C)(O)C1C=CCN1. The minimum absolute atomic E-state index is 0.127. The van der Waals surface area contributed by atoms with E-state index in [-0.39, 0.29) is 12.0 Å². The monoisotopic (exact) mass is 155 g/mol. The lowest BCUT2D eigenvalue weighted by molar-refractivity contribution is -0.00528. The zero-order valence-electron chi connectivity index (χ0n) is 7.46. The van der Waals surface area contributed by atoms with Gasteiger partial charge in [0.2, 0.25) is 0 Å². The molecule has 0 saturated carbocycles. The lowest BCUT2D eigenvalue weighted by atomic mass is 9.86. The van der Waals surface area contributed by atoms with Gasteiger partial charge in [0.05, 0.1) is 11.6 Å². The molecule has 0 radical (unpaired) electrons. The van der Waals surface area contributed by atoms with E-state index < -0.39 is 5.60 Å². The molecule has 0 saturated heterocycles. The van der Waals surface area contributed by atoms with E-state index in [0.717, 1.165) is 6.54 Å². The van der Waals surface area contributed by atoms with Gasteiger partial charge in [0, 0.05) is 6.54 Å². The second-order valence-corrected chi connectivity index (χ2v) is 3.69. The molecular weight excluding hydrogens is 138 g/mol. The summed E-state index contributed by atoms with van der Waals surface area (Å²) in [5.41, 5.74) is -0.618. The Bertz CT molecular complexity index is 161. The predicted molar refractivity (Wildman–Crippen MR) is 46.4 cm³/mol. The zero-order chi connectivity index (χ0) is 8.48. The maximum atomic E-state index is 9.98. The summed E-state index contributed by atoms with van der Waals surface area (Å²) in [6.07, 6.45) is 4.10. The molecule has 0 fully saturated rings. The van der Waals surface area contributed by atoms with Gasteiger partial charge < -0.3 is 10.4 Å². The van der Waals surface area contributed by atoms with Gasteiger partial charge in [-0.05, 0) is 12.8 Å². The molecule has 2 nitrogen and oxygen atoms in total. The second kappa shape index (κ2) is 2.95. The maximum absolute atomic E-state index is 9.98. The Morgan fingerprint density at radius 1 is 1.64 bits per heavy atom. The van der Waals surface area contributed by atoms with E-state index in [1.807, 2.05) is 26.8 Å². The van der Waals surface area contributed by atoms with Crippen molar-refractivity contribution in [2.75, 3.05) is 6.54 Å². The number of nitrogens with one attached hydrogen (secondary N) is 1. The first kappa shape index (κ1) is 8.75. The molecule has 2 N–H and O–H groups in total. The molecular formula is C9H17NO. The fourth-order valence-corrected chi connectivity index (χ4v) is 1.23. The summed E-state index contributed by atoms with van der Waals surface area (Å²) < 4.78 is 0. The van der Waals surface area contributed by atoms with Crippen LogP contribution >= 0.6 is 0 Å². The highest BCUT2D eigenvalue weighted by molar-refractivity contribution is 5.10. The molecule has 0 amide bonds. The van der Waals surface area contributed by atoms with Crippen LogP contribution in [-0.4, -0.2) is 23.3 Å². The minimum Gasteiger partial charge on any atom is -0.388 e. The van der Waals surface area contributed by atoms with E-state index in [4.69, 9.17) is 0 Å². The fraction of sp³-hybridized carbons (Fsp3) is 0.778. The Morgan fingerprint density at radius 2 is 2.27 bits per heavy atom. The van der Waals surface area contributed by atoms with Crippen LogP contribution in [0.3, 0.4) is 0 Å². The molecule has 0 bridgehead atoms. The Balaban J connectivity index is 2.63. The van der Waals surface area contributed by atoms with Crippen LogP contribution in [0.25, 0.3) is 0 Å². The first-order valence-electron chi connectivity index (χ1n) is 4.17. The third-order valence-electron chi connectivity index (χ3n) is 2.58. The molecule has 1 aliphatic rings. The highest BCUT2D eigenvalue weighted by Crippen LogP contribution is 2.22. The van der Waals surface area contributed by atoms with E-state index in [0.29, 0.717) is 0 Å². The lowest BCUT2D eigenvalue weighted by Gasteiger charge is -2.33. The molecule has 1 heterocycles. The van der Waals surface area contributed by atoms with Crippen LogP contribution in [0.1, 0.15) is 20.8 Å². The zero-order valence-corrected chi connectivity index (χ0v) is 7.46. The van der Waals surface area contributed by atoms with Crippen molar-refractivity contribution in [3.05, 3.63) is 12.2 Å². The summed E-state index contributed by atoms with van der Waals surface area (Å²) in [4.78, 5) is 0. The van der Waals surface area contributed by atoms with E-state index in [1.165, 1.54) is 0 Å². The summed E-state index contributed by atoms with van der Waals surface area (Å²) >= 11 is 0.